The smallest absolute Gasteiger partial charge is 0.251 e. The summed E-state index contributed by atoms with van der Waals surface area (Å²) in [5.74, 6) is 1.44. The van der Waals surface area contributed by atoms with E-state index >= 15 is 0 Å². The fraction of sp³-hybridized carbons (Fsp3) is 0.174. The van der Waals surface area contributed by atoms with E-state index in [1.165, 1.54) is 5.56 Å². The Morgan fingerprint density at radius 1 is 0.815 bits per heavy atom. The maximum Gasteiger partial charge on any atom is 0.251 e. The summed E-state index contributed by atoms with van der Waals surface area (Å²) in [6, 6.07) is 24.9. The molecular weight excluding hydrogens is 338 g/mol. The minimum absolute atomic E-state index is 0.130. The first-order valence-electron chi connectivity index (χ1n) is 8.96. The lowest BCUT2D eigenvalue weighted by Crippen LogP contribution is -2.29. The summed E-state index contributed by atoms with van der Waals surface area (Å²) in [6.07, 6.45) is 0. The van der Waals surface area contributed by atoms with Gasteiger partial charge in [0.1, 0.15) is 24.7 Å². The van der Waals surface area contributed by atoms with Gasteiger partial charge in [-0.3, -0.25) is 4.79 Å². The van der Waals surface area contributed by atoms with Gasteiger partial charge >= 0.3 is 0 Å². The zero-order valence-electron chi connectivity index (χ0n) is 15.4. The Kier molecular flexibility index (Phi) is 6.47. The van der Waals surface area contributed by atoms with Crippen LogP contribution in [0.1, 0.15) is 21.5 Å². The molecule has 0 fully saturated rings. The number of ether oxygens (including phenoxy) is 2. The monoisotopic (exact) mass is 361 g/mol. The number of nitrogens with one attached hydrogen (secondary N) is 1. The summed E-state index contributed by atoms with van der Waals surface area (Å²) in [7, 11) is 0. The van der Waals surface area contributed by atoms with E-state index in [0.29, 0.717) is 25.3 Å². The van der Waals surface area contributed by atoms with Gasteiger partial charge in [-0.2, -0.15) is 0 Å². The molecule has 0 heterocycles. The van der Waals surface area contributed by atoms with Crippen LogP contribution < -0.4 is 14.8 Å². The molecule has 0 aliphatic rings. The standard InChI is InChI=1S/C23H23NO3/c1-18-11-13-21(14-12-18)26-16-15-24-23(25)22-10-6-5-7-19(22)17-27-20-8-3-2-4-9-20/h2-14H,15-17H2,1H3,(H,24,25). The number of carbonyl (C=O) groups is 1. The molecular formula is C23H23NO3. The average Bonchev–Trinajstić information content (AvgIpc) is 2.72. The summed E-state index contributed by atoms with van der Waals surface area (Å²) in [6.45, 7) is 3.22. The van der Waals surface area contributed by atoms with Crippen LogP contribution in [-0.2, 0) is 6.61 Å². The van der Waals surface area contributed by atoms with Crippen molar-refractivity contribution in [2.24, 2.45) is 0 Å². The van der Waals surface area contributed by atoms with E-state index in [2.05, 4.69) is 5.32 Å². The predicted molar refractivity (Wildman–Crippen MR) is 106 cm³/mol. The fourth-order valence-corrected chi connectivity index (χ4v) is 2.61. The van der Waals surface area contributed by atoms with E-state index in [1.54, 1.807) is 6.07 Å². The molecule has 0 atom stereocenters. The molecule has 0 spiro atoms. The maximum absolute atomic E-state index is 12.5. The molecule has 0 saturated heterocycles. The number of hydrogen-bond donors (Lipinski definition) is 1. The minimum atomic E-state index is -0.130. The third-order valence-electron chi connectivity index (χ3n) is 4.08. The van der Waals surface area contributed by atoms with Crippen molar-refractivity contribution in [3.05, 3.63) is 95.6 Å². The van der Waals surface area contributed by atoms with Crippen LogP contribution in [0, 0.1) is 6.92 Å². The first-order valence-corrected chi connectivity index (χ1v) is 8.96. The van der Waals surface area contributed by atoms with Gasteiger partial charge in [-0.05, 0) is 37.3 Å². The van der Waals surface area contributed by atoms with Gasteiger partial charge in [0.25, 0.3) is 5.91 Å². The lowest BCUT2D eigenvalue weighted by molar-refractivity contribution is 0.0944. The third-order valence-corrected chi connectivity index (χ3v) is 4.08. The largest absolute Gasteiger partial charge is 0.492 e. The van der Waals surface area contributed by atoms with Crippen molar-refractivity contribution in [1.29, 1.82) is 0 Å². The Morgan fingerprint density at radius 3 is 2.26 bits per heavy atom. The first-order chi connectivity index (χ1) is 13.2. The zero-order valence-corrected chi connectivity index (χ0v) is 15.4. The molecule has 3 aromatic rings. The lowest BCUT2D eigenvalue weighted by Gasteiger charge is -2.12. The van der Waals surface area contributed by atoms with Crippen LogP contribution in [0.15, 0.2) is 78.9 Å². The summed E-state index contributed by atoms with van der Waals surface area (Å²) in [4.78, 5) is 12.5. The Morgan fingerprint density at radius 2 is 1.48 bits per heavy atom. The molecule has 0 aliphatic heterocycles. The van der Waals surface area contributed by atoms with E-state index < -0.39 is 0 Å². The van der Waals surface area contributed by atoms with Crippen molar-refractivity contribution in [3.63, 3.8) is 0 Å². The number of carbonyl (C=O) groups excluding carboxylic acids is 1. The SMILES string of the molecule is Cc1ccc(OCCNC(=O)c2ccccc2COc2ccccc2)cc1. The molecule has 0 aliphatic carbocycles. The van der Waals surface area contributed by atoms with Gasteiger partial charge in [0, 0.05) is 11.1 Å². The molecule has 0 bridgehead atoms. The van der Waals surface area contributed by atoms with E-state index in [-0.39, 0.29) is 5.91 Å². The molecule has 138 valence electrons. The van der Waals surface area contributed by atoms with Crippen LogP contribution in [0.5, 0.6) is 11.5 Å². The highest BCUT2D eigenvalue weighted by Gasteiger charge is 2.11. The van der Waals surface area contributed by atoms with Crippen molar-refractivity contribution in [3.8, 4) is 11.5 Å². The Labute approximate surface area is 159 Å². The minimum Gasteiger partial charge on any atom is -0.492 e. The number of rotatable bonds is 8. The van der Waals surface area contributed by atoms with Gasteiger partial charge in [0.2, 0.25) is 0 Å². The van der Waals surface area contributed by atoms with Crippen LogP contribution >= 0.6 is 0 Å². The molecule has 3 rings (SSSR count). The van der Waals surface area contributed by atoms with E-state index in [9.17, 15) is 4.79 Å². The third kappa shape index (κ3) is 5.61. The van der Waals surface area contributed by atoms with Gasteiger partial charge < -0.3 is 14.8 Å². The summed E-state index contributed by atoms with van der Waals surface area (Å²) >= 11 is 0. The van der Waals surface area contributed by atoms with Crippen LogP contribution in [0.4, 0.5) is 0 Å². The molecule has 0 saturated carbocycles. The van der Waals surface area contributed by atoms with Crippen LogP contribution in [0.3, 0.4) is 0 Å². The maximum atomic E-state index is 12.5. The van der Waals surface area contributed by atoms with Gasteiger partial charge in [-0.15, -0.1) is 0 Å². The molecule has 0 radical (unpaired) electrons. The topological polar surface area (TPSA) is 47.6 Å². The molecule has 1 amide bonds. The number of aryl methyl sites for hydroxylation is 1. The number of hydrogen-bond acceptors (Lipinski definition) is 3. The van der Waals surface area contributed by atoms with E-state index in [1.807, 2.05) is 79.7 Å². The lowest BCUT2D eigenvalue weighted by atomic mass is 10.1. The second-order valence-electron chi connectivity index (χ2n) is 6.18. The van der Waals surface area contributed by atoms with Crippen molar-refractivity contribution < 1.29 is 14.3 Å². The summed E-state index contributed by atoms with van der Waals surface area (Å²) in [5, 5.41) is 2.90. The predicted octanol–water partition coefficient (Wildman–Crippen LogP) is 4.38. The molecule has 1 N–H and O–H groups in total. The normalized spacial score (nSPS) is 10.3. The number of amides is 1. The second kappa shape index (κ2) is 9.43. The van der Waals surface area contributed by atoms with Gasteiger partial charge in [0.15, 0.2) is 0 Å². The van der Waals surface area contributed by atoms with Crippen molar-refractivity contribution >= 4 is 5.91 Å². The Hall–Kier alpha value is -3.27. The Bertz CT molecular complexity index is 860. The quantitative estimate of drug-likeness (QED) is 0.606. The van der Waals surface area contributed by atoms with Crippen LogP contribution in [0.25, 0.3) is 0 Å². The molecule has 3 aromatic carbocycles. The van der Waals surface area contributed by atoms with Gasteiger partial charge in [-0.1, -0.05) is 54.1 Å². The fourth-order valence-electron chi connectivity index (χ4n) is 2.61. The first kappa shape index (κ1) is 18.5. The highest BCUT2D eigenvalue weighted by atomic mass is 16.5. The molecule has 0 unspecified atom stereocenters. The average molecular weight is 361 g/mol. The van der Waals surface area contributed by atoms with E-state index in [0.717, 1.165) is 17.1 Å². The Balaban J connectivity index is 1.51. The zero-order chi connectivity index (χ0) is 18.9. The molecule has 0 aromatic heterocycles. The summed E-state index contributed by atoms with van der Waals surface area (Å²) in [5.41, 5.74) is 2.65. The van der Waals surface area contributed by atoms with Crippen molar-refractivity contribution in [2.75, 3.05) is 13.2 Å². The molecule has 4 heteroatoms. The van der Waals surface area contributed by atoms with Crippen LogP contribution in [0.2, 0.25) is 0 Å². The second-order valence-corrected chi connectivity index (χ2v) is 6.18. The number of para-hydroxylation sites is 1. The highest BCUT2D eigenvalue weighted by Crippen LogP contribution is 2.15. The van der Waals surface area contributed by atoms with Gasteiger partial charge in [0.05, 0.1) is 6.54 Å². The van der Waals surface area contributed by atoms with Gasteiger partial charge in [-0.25, -0.2) is 0 Å². The molecule has 4 nitrogen and oxygen atoms in total. The van der Waals surface area contributed by atoms with Crippen LogP contribution in [-0.4, -0.2) is 19.1 Å². The van der Waals surface area contributed by atoms with Crippen molar-refractivity contribution in [2.45, 2.75) is 13.5 Å². The molecule has 27 heavy (non-hydrogen) atoms. The van der Waals surface area contributed by atoms with E-state index in [4.69, 9.17) is 9.47 Å². The number of benzene rings is 3. The van der Waals surface area contributed by atoms with Crippen molar-refractivity contribution in [1.82, 2.24) is 5.32 Å². The summed E-state index contributed by atoms with van der Waals surface area (Å²) < 4.78 is 11.4. The highest BCUT2D eigenvalue weighted by molar-refractivity contribution is 5.95.